The highest BCUT2D eigenvalue weighted by molar-refractivity contribution is 6.01. The first-order chi connectivity index (χ1) is 71.6. The van der Waals surface area contributed by atoms with Crippen LogP contribution in [0.1, 0.15) is 243 Å². The Balaban J connectivity index is 1.02. The van der Waals surface area contributed by atoms with Crippen LogP contribution in [0.5, 0.6) is 0 Å². The van der Waals surface area contributed by atoms with Gasteiger partial charge in [-0.25, -0.2) is 5.10 Å². The number of primary amides is 1. The number of guanidine groups is 1. The van der Waals surface area contributed by atoms with Crippen molar-refractivity contribution >= 4 is 135 Å². The fraction of sp³-hybridized carbons (Fsp3) is 0.620. The number of carboxylic acid groups (broad SMARTS) is 2. The molecule has 24 N–H and O–H groups in total. The molecule has 0 spiro atoms. The summed E-state index contributed by atoms with van der Waals surface area (Å²) < 4.78 is 10.9. The summed E-state index contributed by atoms with van der Waals surface area (Å²) in [5, 5.41) is 97.3. The predicted octanol–water partition coefficient (Wildman–Crippen LogP) is -0.572. The smallest absolute Gasteiger partial charge is 0.317 e. The van der Waals surface area contributed by atoms with Crippen LogP contribution in [0.3, 0.4) is 0 Å². The first-order valence-corrected chi connectivity index (χ1v) is 51.5. The van der Waals surface area contributed by atoms with Crippen molar-refractivity contribution in [3.8, 4) is 0 Å². The maximum atomic E-state index is 15.5. The van der Waals surface area contributed by atoms with Crippen LogP contribution in [-0.2, 0) is 120 Å². The molecule has 5 heterocycles. The third-order valence-electron chi connectivity index (χ3n) is 25.4. The van der Waals surface area contributed by atoms with Crippen molar-refractivity contribution in [3.05, 3.63) is 89.5 Å². The largest absolute Gasteiger partial charge is 0.480 e. The number of carboxylic acids is 2. The number of fused-ring (bicyclic) bond motifs is 2. The number of aliphatic carboxylic acids is 2. The number of aromatic nitrogens is 5. The number of nitrogens with zero attached hydrogens (tertiary/aromatic N) is 6. The molecule has 49 heteroatoms. The van der Waals surface area contributed by atoms with Crippen LogP contribution in [0.2, 0.25) is 0 Å². The summed E-state index contributed by atoms with van der Waals surface area (Å²) in [6.07, 6.45) is 16.0. The molecule has 0 aliphatic carbocycles. The number of allylic oxidation sites excluding steroid dienone is 1. The maximum Gasteiger partial charge on any atom is 0.317 e. The number of Topliss-reactive ketones (excluding diaryl/α,β-unsaturated/α-hetero) is 3. The highest BCUT2D eigenvalue weighted by atomic mass is 16.5. The summed E-state index contributed by atoms with van der Waals surface area (Å²) in [6.45, 7) is -2.38. The van der Waals surface area contributed by atoms with Crippen molar-refractivity contribution in [2.24, 2.45) is 16.5 Å². The summed E-state index contributed by atoms with van der Waals surface area (Å²) in [7, 11) is 0. The number of hydrogen-bond acceptors (Lipinski definition) is 29. The number of H-pyrrole nitrogens is 2. The second-order valence-electron chi connectivity index (χ2n) is 37.6. The molecule has 820 valence electrons. The van der Waals surface area contributed by atoms with Crippen molar-refractivity contribution in [3.63, 3.8) is 0 Å². The number of ketones is 3. The van der Waals surface area contributed by atoms with E-state index in [0.29, 0.717) is 35.3 Å². The number of aliphatic hydroxyl groups is 2. The topological polar surface area (TPSA) is 745 Å². The number of nitrogens with two attached hydrogens (primary N) is 2. The van der Waals surface area contributed by atoms with Crippen LogP contribution >= 0.6 is 0 Å². The van der Waals surface area contributed by atoms with Gasteiger partial charge in [0.25, 0.3) is 0 Å². The molecule has 0 bridgehead atoms. The number of rotatable bonds is 64. The van der Waals surface area contributed by atoms with Crippen LogP contribution in [0, 0.1) is 5.41 Å². The Hall–Kier alpha value is -13.9. The van der Waals surface area contributed by atoms with E-state index in [1.54, 1.807) is 61.7 Å². The first-order valence-electron chi connectivity index (χ1n) is 51.5. The summed E-state index contributed by atoms with van der Waals surface area (Å²) in [5.74, 6) is -17.6. The van der Waals surface area contributed by atoms with Gasteiger partial charge in [0.1, 0.15) is 72.6 Å². The van der Waals surface area contributed by atoms with Crippen molar-refractivity contribution < 1.29 is 121 Å². The number of nitrogens with one attached hydrogen (secondary N) is 16. The van der Waals surface area contributed by atoms with Crippen LogP contribution in [0.4, 0.5) is 0 Å². The molecule has 2 aromatic carbocycles. The highest BCUT2D eigenvalue weighted by Crippen LogP contribution is 2.26. The quantitative estimate of drug-likeness (QED) is 0.0149. The number of para-hydroxylation sites is 1. The van der Waals surface area contributed by atoms with E-state index in [9.17, 15) is 87.5 Å². The molecule has 2 saturated heterocycles. The molecule has 149 heavy (non-hydrogen) atoms. The van der Waals surface area contributed by atoms with Crippen LogP contribution in [-0.4, -0.2) is 331 Å². The Kier molecular flexibility index (Phi) is 55.5. The number of amides is 14. The number of carbonyl (C=O) groups excluding carboxylic acids is 17. The lowest BCUT2D eigenvalue weighted by atomic mass is 9.98. The molecule has 4 aromatic rings. The number of hydrogen-bond donors (Lipinski definition) is 22. The van der Waals surface area contributed by atoms with Crippen molar-refractivity contribution in [2.75, 3.05) is 78.8 Å². The molecule has 49 nitrogen and oxygen atoms in total. The maximum absolute atomic E-state index is 15.5. The molecule has 3 aliphatic rings. The molecule has 12 atom stereocenters. The van der Waals surface area contributed by atoms with Gasteiger partial charge >= 0.3 is 11.9 Å². The minimum atomic E-state index is -1.92. The van der Waals surface area contributed by atoms with Crippen LogP contribution in [0.15, 0.2) is 77.6 Å². The summed E-state index contributed by atoms with van der Waals surface area (Å²) in [6, 6.07) is -2.13. The first kappa shape index (κ1) is 122. The van der Waals surface area contributed by atoms with Crippen molar-refractivity contribution in [1.29, 1.82) is 5.41 Å². The van der Waals surface area contributed by atoms with Gasteiger partial charge in [-0.05, 0) is 98.8 Å². The van der Waals surface area contributed by atoms with E-state index in [0.717, 1.165) is 60.2 Å². The van der Waals surface area contributed by atoms with Crippen LogP contribution in [0.25, 0.3) is 10.9 Å². The van der Waals surface area contributed by atoms with E-state index in [-0.39, 0.29) is 122 Å². The number of aromatic amines is 2. The molecule has 3 aliphatic heterocycles. The van der Waals surface area contributed by atoms with Gasteiger partial charge in [0, 0.05) is 119 Å². The third-order valence-corrected chi connectivity index (χ3v) is 25.4. The lowest BCUT2D eigenvalue weighted by Gasteiger charge is -2.31. The minimum absolute atomic E-state index is 0.0353. The molecule has 14 amide bonds. The zero-order valence-corrected chi connectivity index (χ0v) is 85.0. The zero-order valence-electron chi connectivity index (χ0n) is 85.0. The molecule has 0 radical (unpaired) electrons. The zero-order chi connectivity index (χ0) is 108. The molecular formula is C100H150N24O25. The number of tetrazole rings is 1. The Morgan fingerprint density at radius 2 is 1.19 bits per heavy atom. The molecule has 7 rings (SSSR count). The predicted molar refractivity (Wildman–Crippen MR) is 542 cm³/mol. The number of aliphatic imine (C=N–C) groups is 1. The average Bonchev–Trinajstić information content (AvgIpc) is 1.67. The minimum Gasteiger partial charge on any atom is -0.480 e. The Morgan fingerprint density at radius 3 is 1.85 bits per heavy atom. The summed E-state index contributed by atoms with van der Waals surface area (Å²) in [5.41, 5.74) is 13.2. The Morgan fingerprint density at radius 1 is 0.584 bits per heavy atom. The van der Waals surface area contributed by atoms with Crippen molar-refractivity contribution in [1.82, 2.24) is 105 Å². The van der Waals surface area contributed by atoms with E-state index < -0.39 is 275 Å². The van der Waals surface area contributed by atoms with E-state index >= 15 is 24.0 Å². The van der Waals surface area contributed by atoms with Gasteiger partial charge in [0.15, 0.2) is 17.5 Å². The summed E-state index contributed by atoms with van der Waals surface area (Å²) in [4.78, 5) is 275. The Bertz CT molecular complexity index is 5100. The van der Waals surface area contributed by atoms with E-state index in [4.69, 9.17) is 26.4 Å². The second-order valence-corrected chi connectivity index (χ2v) is 37.6. The molecule has 0 saturated carbocycles. The van der Waals surface area contributed by atoms with Gasteiger partial charge in [-0.2, -0.15) is 0 Å². The van der Waals surface area contributed by atoms with Gasteiger partial charge in [-0.15, -0.1) is 5.10 Å². The van der Waals surface area contributed by atoms with E-state index in [1.165, 1.54) is 64.5 Å². The normalized spacial score (nSPS) is 18.6. The lowest BCUT2D eigenvalue weighted by Crippen LogP contribution is -2.60. The van der Waals surface area contributed by atoms with Crippen molar-refractivity contribution in [2.45, 2.75) is 318 Å². The number of ether oxygens (including phenoxy) is 2. The summed E-state index contributed by atoms with van der Waals surface area (Å²) >= 11 is 0. The van der Waals surface area contributed by atoms with E-state index in [2.05, 4.69) is 99.7 Å². The number of aliphatic hydroxyl groups excluding tert-OH is 2. The second kappa shape index (κ2) is 67.8. The molecular weight excluding hydrogens is 1940 g/mol. The molecule has 2 fully saturated rings. The fourth-order valence-electron chi connectivity index (χ4n) is 17.3. The Labute approximate surface area is 864 Å². The average molecular weight is 2090 g/mol. The molecule has 2 aromatic heterocycles. The number of unbranched alkanes of at least 4 members (excludes halogenated alkanes) is 13. The number of carbonyl (C=O) groups is 19. The molecule has 0 unspecified atom stereocenters. The SMILES string of the molecule is CCCC[C@H](NC(=O)[C@H](CCC(=O)[C@H](CC1=CCC=N1)NC(=O)[C@H](CCC(N)=O)NC(=O)[C@H](CO)NC(=O)CNC(=O)COCCOCCNC(=O)CCCCCCCCCCCCCCCc1nnn[nH]1)NC(=O)CN(CC(=O)O)CC(=O)O)C(=O)N[C@H]1CCC(=O)CCCCC[C@@H](C(C)=O)NC(=O)[C@H](Cc2c[nH]c3ccccc23)NC(=O)[C@H](CCCNC(=N)N)NC(=O)[C@@H](Cc2ccccc2)NC(=O)[C@@H]2C[C@@H](O)CN2C1=O. The van der Waals surface area contributed by atoms with Crippen LogP contribution < -0.4 is 80.6 Å². The third kappa shape index (κ3) is 47.4. The number of benzene rings is 2. The van der Waals surface area contributed by atoms with Gasteiger partial charge in [0.2, 0.25) is 82.7 Å². The number of aryl methyl sites for hydroxylation is 1. The fourth-order valence-corrected chi connectivity index (χ4v) is 17.3. The van der Waals surface area contributed by atoms with E-state index in [1.807, 2.05) is 12.1 Å². The van der Waals surface area contributed by atoms with Gasteiger partial charge in [0.05, 0.1) is 70.8 Å². The van der Waals surface area contributed by atoms with Gasteiger partial charge < -0.3 is 120 Å². The standard InChI is InChI=1S/C100H150N24O25/c1-3-4-33-72(91(139)115-76-40-39-67(127)31-20-17-21-34-70(63(2)126)111-96(144)79(52-65-55-107-71-35-25-24-32-69(65)71)117-92(140)73(36-27-46-106-100(102)103)113-95(143)78(51-64-28-18-16-19-29-64)118-98(146)81-54-68(128)57-124(81)99(76)147)112-93(141)74(109-87(133)58-123(59-89(135)136)60-90(137)138)41-43-82(129)77(53-66-30-26-45-104-66)116-94(142)75(42-44-83(101)130)114-97(145)80(61-125)110-86(132)56-108-88(134)62-149-50-49-148-48-47-105-85(131)38-23-15-13-11-9-7-5-6-8-10-12-14-22-37-84-119-121-122-120-84/h16,18-19,24-25,28-30,32,35,45,55,68,70,72-81,107,125,128H,3-15,17,20-23,26-27,31,33-34,36-44,46-54,56-62H2,1-2H3,(H2,101,130)(H,105,131)(H,108,134)(H,109,133)(H,110,132)(H,111,144)(H,112,141)(H,113,143)(H,114,145)(H,115,139)(H,116,142)(H,117,140)(H,118,146)(H,135,136)(H,137,138)(H4,102,103,106)(H,119,120,121,122)/t68-,70+,72+,73+,74+,75+,76+,77+,78-,79+,80+,81+/m1/s1. The lowest BCUT2D eigenvalue weighted by molar-refractivity contribution is -0.143. The monoisotopic (exact) mass is 2090 g/mol. The van der Waals surface area contributed by atoms with Gasteiger partial charge in [-0.1, -0.05) is 158 Å². The van der Waals surface area contributed by atoms with Gasteiger partial charge in [-0.3, -0.25) is 106 Å². The highest BCUT2D eigenvalue weighted by Gasteiger charge is 2.45.